The van der Waals surface area contributed by atoms with Crippen LogP contribution in [-0.4, -0.2) is 52.3 Å². The Morgan fingerprint density at radius 2 is 1.54 bits per heavy atom. The highest BCUT2D eigenvalue weighted by molar-refractivity contribution is 7.71. The van der Waals surface area contributed by atoms with Crippen LogP contribution in [0, 0.1) is 4.84 Å². The van der Waals surface area contributed by atoms with Crippen molar-refractivity contribution < 1.29 is 4.42 Å². The van der Waals surface area contributed by atoms with Crippen molar-refractivity contribution in [2.24, 2.45) is 0 Å². The zero-order valence-corrected chi connectivity index (χ0v) is 16.6. The van der Waals surface area contributed by atoms with Gasteiger partial charge in [0.1, 0.15) is 0 Å². The highest BCUT2D eigenvalue weighted by atomic mass is 32.1. The highest BCUT2D eigenvalue weighted by Gasteiger charge is 2.17. The van der Waals surface area contributed by atoms with E-state index in [1.807, 2.05) is 36.4 Å². The summed E-state index contributed by atoms with van der Waals surface area (Å²) >= 11 is 5.36. The van der Waals surface area contributed by atoms with Crippen molar-refractivity contribution in [1.82, 2.24) is 19.6 Å². The fraction of sp³-hybridized carbons (Fsp3) is 0.273. The molecule has 1 aliphatic heterocycles. The first kappa shape index (κ1) is 18.8. The molecular formula is C22H24N4OS. The minimum atomic E-state index is 0.423. The fourth-order valence-electron chi connectivity index (χ4n) is 3.30. The third kappa shape index (κ3) is 4.84. The lowest BCUT2D eigenvalue weighted by Gasteiger charge is -2.33. The van der Waals surface area contributed by atoms with E-state index >= 15 is 0 Å². The molecule has 0 radical (unpaired) electrons. The molecule has 0 bridgehead atoms. The third-order valence-electron chi connectivity index (χ3n) is 4.90. The van der Waals surface area contributed by atoms with Gasteiger partial charge < -0.3 is 4.42 Å². The first-order valence-corrected chi connectivity index (χ1v) is 9.98. The van der Waals surface area contributed by atoms with Crippen LogP contribution < -0.4 is 0 Å². The lowest BCUT2D eigenvalue weighted by molar-refractivity contribution is 0.109. The zero-order valence-electron chi connectivity index (χ0n) is 15.8. The Morgan fingerprint density at radius 1 is 0.893 bits per heavy atom. The maximum Gasteiger partial charge on any atom is 0.288 e. The van der Waals surface area contributed by atoms with Crippen molar-refractivity contribution >= 4 is 18.3 Å². The van der Waals surface area contributed by atoms with Gasteiger partial charge in [-0.2, -0.15) is 0 Å². The van der Waals surface area contributed by atoms with Gasteiger partial charge in [0.15, 0.2) is 0 Å². The number of benzene rings is 2. The van der Waals surface area contributed by atoms with E-state index in [9.17, 15) is 0 Å². The van der Waals surface area contributed by atoms with Crippen LogP contribution in [0.2, 0.25) is 0 Å². The quantitative estimate of drug-likeness (QED) is 0.589. The van der Waals surface area contributed by atoms with Crippen molar-refractivity contribution in [3.05, 3.63) is 77.1 Å². The number of piperazine rings is 1. The van der Waals surface area contributed by atoms with Gasteiger partial charge in [-0.1, -0.05) is 60.7 Å². The lowest BCUT2D eigenvalue weighted by atomic mass is 10.2. The van der Waals surface area contributed by atoms with E-state index in [1.54, 1.807) is 4.68 Å². The highest BCUT2D eigenvalue weighted by Crippen LogP contribution is 2.17. The largest absolute Gasteiger partial charge is 0.409 e. The minimum absolute atomic E-state index is 0.423. The topological polar surface area (TPSA) is 37.4 Å². The summed E-state index contributed by atoms with van der Waals surface area (Å²) in [6.45, 7) is 5.71. The van der Waals surface area contributed by atoms with Crippen LogP contribution in [0.15, 0.2) is 71.2 Å². The third-order valence-corrected chi connectivity index (χ3v) is 5.19. The molecule has 144 valence electrons. The molecule has 1 saturated heterocycles. The predicted octanol–water partition coefficient (Wildman–Crippen LogP) is 4.16. The Balaban J connectivity index is 1.28. The molecule has 1 aromatic heterocycles. The van der Waals surface area contributed by atoms with E-state index in [-0.39, 0.29) is 0 Å². The summed E-state index contributed by atoms with van der Waals surface area (Å²) in [4.78, 5) is 5.25. The molecule has 1 aliphatic rings. The van der Waals surface area contributed by atoms with Gasteiger partial charge in [-0.05, 0) is 29.9 Å². The van der Waals surface area contributed by atoms with Gasteiger partial charge in [0, 0.05) is 38.3 Å². The van der Waals surface area contributed by atoms with Crippen LogP contribution in [0.1, 0.15) is 5.56 Å². The van der Waals surface area contributed by atoms with Gasteiger partial charge in [-0.25, -0.2) is 4.68 Å². The van der Waals surface area contributed by atoms with Crippen LogP contribution in [-0.2, 0) is 6.67 Å². The SMILES string of the molecule is S=c1oc(-c2ccccc2)nn1CN1CCN(C/C=C/c2ccccc2)CC1. The van der Waals surface area contributed by atoms with Crippen molar-refractivity contribution in [2.75, 3.05) is 32.7 Å². The Hall–Kier alpha value is -2.54. The van der Waals surface area contributed by atoms with E-state index in [0.29, 0.717) is 17.4 Å². The van der Waals surface area contributed by atoms with Gasteiger partial charge in [0.05, 0.1) is 6.67 Å². The second kappa shape index (κ2) is 9.10. The Bertz CT molecular complexity index is 957. The summed E-state index contributed by atoms with van der Waals surface area (Å²) in [6.07, 6.45) is 4.43. The molecular weight excluding hydrogens is 368 g/mol. The van der Waals surface area contributed by atoms with Gasteiger partial charge in [-0.15, -0.1) is 5.10 Å². The first-order chi connectivity index (χ1) is 13.8. The van der Waals surface area contributed by atoms with Gasteiger partial charge in [0.25, 0.3) is 4.84 Å². The summed E-state index contributed by atoms with van der Waals surface area (Å²) in [7, 11) is 0. The van der Waals surface area contributed by atoms with Crippen LogP contribution in [0.5, 0.6) is 0 Å². The molecule has 28 heavy (non-hydrogen) atoms. The molecule has 0 saturated carbocycles. The second-order valence-electron chi connectivity index (χ2n) is 6.91. The molecule has 0 atom stereocenters. The standard InChI is InChI=1S/C22H24N4OS/c28-22-26(23-21(27-22)20-11-5-2-6-12-20)18-25-16-14-24(15-17-25)13-7-10-19-8-3-1-4-9-19/h1-12H,13-18H2/b10-7+. The monoisotopic (exact) mass is 392 g/mol. The molecule has 0 amide bonds. The minimum Gasteiger partial charge on any atom is -0.409 e. The van der Waals surface area contributed by atoms with Crippen molar-refractivity contribution in [1.29, 1.82) is 0 Å². The Morgan fingerprint density at radius 3 is 2.25 bits per heavy atom. The van der Waals surface area contributed by atoms with Gasteiger partial charge >= 0.3 is 0 Å². The maximum atomic E-state index is 5.68. The summed E-state index contributed by atoms with van der Waals surface area (Å²) < 4.78 is 7.46. The Labute approximate surface area is 170 Å². The van der Waals surface area contributed by atoms with Crippen LogP contribution in [0.3, 0.4) is 0 Å². The van der Waals surface area contributed by atoms with Gasteiger partial charge in [-0.3, -0.25) is 9.80 Å². The predicted molar refractivity (Wildman–Crippen MR) is 114 cm³/mol. The second-order valence-corrected chi connectivity index (χ2v) is 7.26. The molecule has 0 unspecified atom stereocenters. The normalized spacial score (nSPS) is 16.0. The van der Waals surface area contributed by atoms with Crippen molar-refractivity contribution in [3.63, 3.8) is 0 Å². The number of aromatic nitrogens is 2. The summed E-state index contributed by atoms with van der Waals surface area (Å²) in [6, 6.07) is 20.3. The summed E-state index contributed by atoms with van der Waals surface area (Å²) in [5.41, 5.74) is 2.19. The molecule has 2 heterocycles. The average molecular weight is 393 g/mol. The van der Waals surface area contributed by atoms with E-state index in [4.69, 9.17) is 16.6 Å². The average Bonchev–Trinajstić information content (AvgIpc) is 3.11. The van der Waals surface area contributed by atoms with E-state index in [0.717, 1.165) is 38.3 Å². The fourth-order valence-corrected chi connectivity index (χ4v) is 3.48. The zero-order chi connectivity index (χ0) is 19.2. The summed E-state index contributed by atoms with van der Waals surface area (Å²) in [5, 5.41) is 4.56. The molecule has 6 heteroatoms. The molecule has 4 rings (SSSR count). The van der Waals surface area contributed by atoms with Gasteiger partial charge in [0.2, 0.25) is 5.89 Å². The first-order valence-electron chi connectivity index (χ1n) is 9.57. The molecule has 0 N–H and O–H groups in total. The van der Waals surface area contributed by atoms with Crippen LogP contribution in [0.25, 0.3) is 17.5 Å². The van der Waals surface area contributed by atoms with E-state index < -0.39 is 0 Å². The molecule has 2 aromatic carbocycles. The van der Waals surface area contributed by atoms with Crippen LogP contribution in [0.4, 0.5) is 0 Å². The number of nitrogens with zero attached hydrogens (tertiary/aromatic N) is 4. The lowest BCUT2D eigenvalue weighted by Crippen LogP contribution is -2.46. The van der Waals surface area contributed by atoms with Crippen LogP contribution >= 0.6 is 12.2 Å². The number of hydrogen-bond donors (Lipinski definition) is 0. The Kier molecular flexibility index (Phi) is 6.11. The number of hydrogen-bond acceptors (Lipinski definition) is 5. The summed E-state index contributed by atoms with van der Waals surface area (Å²) in [5.74, 6) is 0.579. The number of rotatable bonds is 6. The molecule has 0 aliphatic carbocycles. The maximum absolute atomic E-state index is 5.68. The molecule has 0 spiro atoms. The van der Waals surface area contributed by atoms with E-state index in [1.165, 1.54) is 5.56 Å². The molecule has 3 aromatic rings. The molecule has 5 nitrogen and oxygen atoms in total. The van der Waals surface area contributed by atoms with Crippen molar-refractivity contribution in [3.8, 4) is 11.5 Å². The molecule has 1 fully saturated rings. The smallest absolute Gasteiger partial charge is 0.288 e. The van der Waals surface area contributed by atoms with E-state index in [2.05, 4.69) is 51.3 Å². The van der Waals surface area contributed by atoms with Crippen molar-refractivity contribution in [2.45, 2.75) is 6.67 Å².